The molecule has 3 rings (SSSR count). The monoisotopic (exact) mass is 356 g/mol. The van der Waals surface area contributed by atoms with Gasteiger partial charge >= 0.3 is 0 Å². The van der Waals surface area contributed by atoms with Crippen molar-refractivity contribution in [2.75, 3.05) is 11.9 Å². The Morgan fingerprint density at radius 1 is 1.15 bits per heavy atom. The van der Waals surface area contributed by atoms with Gasteiger partial charge < -0.3 is 10.6 Å². The molecule has 2 aromatic rings. The first-order valence-electron chi connectivity index (χ1n) is 9.25. The molecule has 0 bridgehead atoms. The number of anilines is 1. The molecule has 1 fully saturated rings. The van der Waals surface area contributed by atoms with Gasteiger partial charge in [-0.3, -0.25) is 4.79 Å². The minimum Gasteiger partial charge on any atom is -0.370 e. The lowest BCUT2D eigenvalue weighted by Gasteiger charge is -2.22. The first-order valence-corrected chi connectivity index (χ1v) is 9.25. The van der Waals surface area contributed by atoms with Gasteiger partial charge in [0, 0.05) is 18.7 Å². The van der Waals surface area contributed by atoms with Crippen LogP contribution in [0.2, 0.25) is 0 Å². The van der Waals surface area contributed by atoms with Crippen molar-refractivity contribution in [3.63, 3.8) is 0 Å². The summed E-state index contributed by atoms with van der Waals surface area (Å²) in [6.07, 6.45) is 6.42. The Morgan fingerprint density at radius 2 is 1.88 bits per heavy atom. The Balaban J connectivity index is 1.57. The van der Waals surface area contributed by atoms with Gasteiger partial charge in [-0.15, -0.1) is 0 Å². The highest BCUT2D eigenvalue weighted by Gasteiger charge is 2.18. The van der Waals surface area contributed by atoms with Crippen molar-refractivity contribution in [2.24, 2.45) is 0 Å². The van der Waals surface area contributed by atoms with Crippen molar-refractivity contribution in [3.05, 3.63) is 53.2 Å². The fourth-order valence-corrected chi connectivity index (χ4v) is 3.27. The van der Waals surface area contributed by atoms with Crippen LogP contribution in [0.1, 0.15) is 54.0 Å². The number of carbonyl (C=O) groups excluding carboxylic acids is 1. The zero-order chi connectivity index (χ0) is 18.4. The SMILES string of the molecule is Cc1nc(NCCc2ccc(F)cc2)cc(C(=O)NC2CCCCC2)n1. The molecule has 1 aromatic heterocycles. The third-order valence-corrected chi connectivity index (χ3v) is 4.64. The van der Waals surface area contributed by atoms with Gasteiger partial charge in [0.05, 0.1) is 0 Å². The van der Waals surface area contributed by atoms with Gasteiger partial charge in [0.2, 0.25) is 0 Å². The zero-order valence-corrected chi connectivity index (χ0v) is 15.1. The molecule has 0 atom stereocenters. The van der Waals surface area contributed by atoms with Crippen molar-refractivity contribution >= 4 is 11.7 Å². The molecule has 0 saturated heterocycles. The fourth-order valence-electron chi connectivity index (χ4n) is 3.27. The van der Waals surface area contributed by atoms with E-state index in [9.17, 15) is 9.18 Å². The molecule has 0 unspecified atom stereocenters. The van der Waals surface area contributed by atoms with E-state index < -0.39 is 0 Å². The van der Waals surface area contributed by atoms with Crippen molar-refractivity contribution in [1.82, 2.24) is 15.3 Å². The van der Waals surface area contributed by atoms with Crippen LogP contribution in [0.25, 0.3) is 0 Å². The first kappa shape index (κ1) is 18.3. The van der Waals surface area contributed by atoms with E-state index in [0.717, 1.165) is 24.8 Å². The maximum atomic E-state index is 12.9. The number of aryl methyl sites for hydroxylation is 1. The molecular formula is C20H25FN4O. The van der Waals surface area contributed by atoms with Crippen LogP contribution >= 0.6 is 0 Å². The highest BCUT2D eigenvalue weighted by molar-refractivity contribution is 5.93. The maximum Gasteiger partial charge on any atom is 0.270 e. The van der Waals surface area contributed by atoms with Gasteiger partial charge in [0.25, 0.3) is 5.91 Å². The summed E-state index contributed by atoms with van der Waals surface area (Å²) in [5.41, 5.74) is 1.44. The lowest BCUT2D eigenvalue weighted by molar-refractivity contribution is 0.0922. The van der Waals surface area contributed by atoms with E-state index in [1.807, 2.05) is 0 Å². The summed E-state index contributed by atoms with van der Waals surface area (Å²) in [5.74, 6) is 0.824. The average molecular weight is 356 g/mol. The van der Waals surface area contributed by atoms with E-state index >= 15 is 0 Å². The molecule has 1 amide bonds. The van der Waals surface area contributed by atoms with Crippen molar-refractivity contribution in [3.8, 4) is 0 Å². The zero-order valence-electron chi connectivity index (χ0n) is 15.1. The number of nitrogens with zero attached hydrogens (tertiary/aromatic N) is 2. The molecular weight excluding hydrogens is 331 g/mol. The lowest BCUT2D eigenvalue weighted by atomic mass is 9.95. The van der Waals surface area contributed by atoms with Crippen LogP contribution in [-0.2, 0) is 6.42 Å². The van der Waals surface area contributed by atoms with Crippen LogP contribution in [0.3, 0.4) is 0 Å². The predicted octanol–water partition coefficient (Wildman–Crippen LogP) is 3.64. The second-order valence-electron chi connectivity index (χ2n) is 6.80. The van der Waals surface area contributed by atoms with Crippen LogP contribution < -0.4 is 10.6 Å². The minimum absolute atomic E-state index is 0.135. The summed E-state index contributed by atoms with van der Waals surface area (Å²) in [5, 5.41) is 6.31. The molecule has 138 valence electrons. The molecule has 0 aliphatic heterocycles. The summed E-state index contributed by atoms with van der Waals surface area (Å²) >= 11 is 0. The Morgan fingerprint density at radius 3 is 2.62 bits per heavy atom. The maximum absolute atomic E-state index is 12.9. The van der Waals surface area contributed by atoms with E-state index in [-0.39, 0.29) is 17.8 Å². The van der Waals surface area contributed by atoms with E-state index in [2.05, 4.69) is 20.6 Å². The Bertz CT molecular complexity index is 742. The minimum atomic E-state index is -0.234. The lowest BCUT2D eigenvalue weighted by Crippen LogP contribution is -2.36. The second-order valence-corrected chi connectivity index (χ2v) is 6.80. The molecule has 1 aliphatic carbocycles. The van der Waals surface area contributed by atoms with E-state index in [1.165, 1.54) is 31.4 Å². The number of hydrogen-bond acceptors (Lipinski definition) is 4. The van der Waals surface area contributed by atoms with Crippen LogP contribution in [0.15, 0.2) is 30.3 Å². The first-order chi connectivity index (χ1) is 12.6. The molecule has 0 radical (unpaired) electrons. The molecule has 6 heteroatoms. The smallest absolute Gasteiger partial charge is 0.270 e. The number of carbonyl (C=O) groups is 1. The second kappa shape index (κ2) is 8.74. The topological polar surface area (TPSA) is 66.9 Å². The summed E-state index contributed by atoms with van der Waals surface area (Å²) < 4.78 is 12.9. The van der Waals surface area contributed by atoms with E-state index in [0.29, 0.717) is 23.9 Å². The van der Waals surface area contributed by atoms with Crippen LogP contribution in [0.4, 0.5) is 10.2 Å². The van der Waals surface area contributed by atoms with Crippen molar-refractivity contribution < 1.29 is 9.18 Å². The molecule has 1 aliphatic rings. The van der Waals surface area contributed by atoms with Gasteiger partial charge in [-0.1, -0.05) is 31.4 Å². The van der Waals surface area contributed by atoms with Crippen molar-refractivity contribution in [2.45, 2.75) is 51.5 Å². The predicted molar refractivity (Wildman–Crippen MR) is 99.7 cm³/mol. The standard InChI is InChI=1S/C20H25FN4O/c1-14-23-18(20(26)25-17-5-3-2-4-6-17)13-19(24-14)22-12-11-15-7-9-16(21)10-8-15/h7-10,13,17H,2-6,11-12H2,1H3,(H,25,26)(H,22,23,24). The number of halogens is 1. The molecule has 1 aromatic carbocycles. The molecule has 26 heavy (non-hydrogen) atoms. The van der Waals surface area contributed by atoms with Gasteiger partial charge in [-0.05, 0) is 43.9 Å². The highest BCUT2D eigenvalue weighted by atomic mass is 19.1. The largest absolute Gasteiger partial charge is 0.370 e. The summed E-state index contributed by atoms with van der Waals surface area (Å²) in [7, 11) is 0. The average Bonchev–Trinajstić information content (AvgIpc) is 2.64. The van der Waals surface area contributed by atoms with Gasteiger partial charge in [0.15, 0.2) is 0 Å². The number of hydrogen-bond donors (Lipinski definition) is 2. The quantitative estimate of drug-likeness (QED) is 0.829. The third kappa shape index (κ3) is 5.25. The Hall–Kier alpha value is -2.50. The van der Waals surface area contributed by atoms with Gasteiger partial charge in [-0.25, -0.2) is 14.4 Å². The number of nitrogens with one attached hydrogen (secondary N) is 2. The van der Waals surface area contributed by atoms with Crippen LogP contribution in [0.5, 0.6) is 0 Å². The number of aromatic nitrogens is 2. The molecule has 1 saturated carbocycles. The fraction of sp³-hybridized carbons (Fsp3) is 0.450. The van der Waals surface area contributed by atoms with Crippen LogP contribution in [-0.4, -0.2) is 28.5 Å². The number of rotatable bonds is 6. The van der Waals surface area contributed by atoms with Crippen LogP contribution in [0, 0.1) is 12.7 Å². The molecule has 1 heterocycles. The third-order valence-electron chi connectivity index (χ3n) is 4.64. The van der Waals surface area contributed by atoms with E-state index in [4.69, 9.17) is 0 Å². The van der Waals surface area contributed by atoms with Crippen molar-refractivity contribution in [1.29, 1.82) is 0 Å². The van der Waals surface area contributed by atoms with E-state index in [1.54, 1.807) is 25.1 Å². The van der Waals surface area contributed by atoms with Gasteiger partial charge in [0.1, 0.15) is 23.2 Å². The summed E-state index contributed by atoms with van der Waals surface area (Å²) in [6.45, 7) is 2.42. The van der Waals surface area contributed by atoms with Gasteiger partial charge in [-0.2, -0.15) is 0 Å². The summed E-state index contributed by atoms with van der Waals surface area (Å²) in [4.78, 5) is 21.1. The summed E-state index contributed by atoms with van der Waals surface area (Å²) in [6, 6.07) is 8.39. The number of amides is 1. The highest BCUT2D eigenvalue weighted by Crippen LogP contribution is 2.18. The molecule has 2 N–H and O–H groups in total. The molecule has 0 spiro atoms. The normalized spacial score (nSPS) is 14.8. The molecule has 5 nitrogen and oxygen atoms in total. The Kier molecular flexibility index (Phi) is 6.15. The Labute approximate surface area is 153 Å². The number of benzene rings is 1.